The van der Waals surface area contributed by atoms with Gasteiger partial charge in [-0.2, -0.15) is 0 Å². The van der Waals surface area contributed by atoms with Crippen molar-refractivity contribution < 1.29 is 13.5 Å². The summed E-state index contributed by atoms with van der Waals surface area (Å²) >= 11 is -2.19. The predicted molar refractivity (Wildman–Crippen MR) is 61.9 cm³/mol. The molecule has 0 bridgehead atoms. The molecule has 0 spiro atoms. The van der Waals surface area contributed by atoms with Crippen LogP contribution in [-0.2, 0) is 11.1 Å². The molecule has 1 aromatic rings. The summed E-state index contributed by atoms with van der Waals surface area (Å²) in [5.41, 5.74) is 6.48. The third kappa shape index (κ3) is 3.77. The summed E-state index contributed by atoms with van der Waals surface area (Å²) < 4.78 is 26.6. The first-order valence-electron chi connectivity index (χ1n) is 4.83. The minimum absolute atomic E-state index is 0.248. The molecule has 88 valence electrons. The Kier molecular flexibility index (Phi) is 5.18. The lowest BCUT2D eigenvalue weighted by molar-refractivity contribution is 0.350. The van der Waals surface area contributed by atoms with Gasteiger partial charge in [0.25, 0.3) is 0 Å². The Morgan fingerprint density at radius 2 is 2.12 bits per heavy atom. The summed E-state index contributed by atoms with van der Waals surface area (Å²) in [7, 11) is 0. The van der Waals surface area contributed by atoms with Crippen LogP contribution >= 0.6 is 0 Å². The highest BCUT2D eigenvalue weighted by molar-refractivity contribution is 7.79. The minimum Gasteiger partial charge on any atom is -0.768 e. The molecule has 1 rings (SSSR count). The quantitative estimate of drug-likeness (QED) is 0.620. The van der Waals surface area contributed by atoms with E-state index in [9.17, 15) is 8.76 Å². The Labute approximate surface area is 97.4 Å². The fourth-order valence-electron chi connectivity index (χ4n) is 1.08. The van der Waals surface area contributed by atoms with Gasteiger partial charge < -0.3 is 15.0 Å². The summed E-state index contributed by atoms with van der Waals surface area (Å²) in [6.45, 7) is 2.78. The molecular weight excluding hydrogens is 226 g/mol. The van der Waals surface area contributed by atoms with Crippen LogP contribution in [0.1, 0.15) is 6.92 Å². The number of nitrogens with two attached hydrogens (primary N) is 1. The van der Waals surface area contributed by atoms with E-state index < -0.39 is 11.1 Å². The second-order valence-electron chi connectivity index (χ2n) is 3.15. The van der Waals surface area contributed by atoms with E-state index in [4.69, 9.17) is 10.5 Å². The molecule has 0 amide bonds. The van der Waals surface area contributed by atoms with Gasteiger partial charge in [0.05, 0.1) is 0 Å². The van der Waals surface area contributed by atoms with Gasteiger partial charge >= 0.3 is 0 Å². The van der Waals surface area contributed by atoms with Gasteiger partial charge in [-0.25, -0.2) is 0 Å². The average molecular weight is 240 g/mol. The van der Waals surface area contributed by atoms with Crippen LogP contribution in [-0.4, -0.2) is 21.9 Å². The van der Waals surface area contributed by atoms with Crippen molar-refractivity contribution in [3.63, 3.8) is 0 Å². The maximum absolute atomic E-state index is 10.6. The largest absolute Gasteiger partial charge is 0.768 e. The Hall–Kier alpha value is -1.17. The highest BCUT2D eigenvalue weighted by Gasteiger charge is 1.97. The molecule has 0 saturated heterocycles. The van der Waals surface area contributed by atoms with Crippen molar-refractivity contribution >= 4 is 11.1 Å². The number of allylic oxidation sites excluding steroid dienone is 1. The second-order valence-corrected chi connectivity index (χ2v) is 4.09. The average Bonchev–Trinajstić information content (AvgIpc) is 2.31. The maximum atomic E-state index is 10.6. The van der Waals surface area contributed by atoms with E-state index in [0.717, 1.165) is 5.57 Å². The van der Waals surface area contributed by atoms with Gasteiger partial charge in [-0.1, -0.05) is 6.08 Å². The molecule has 1 aromatic carbocycles. The third-order valence-corrected chi connectivity index (χ3v) is 2.77. The van der Waals surface area contributed by atoms with Crippen molar-refractivity contribution in [2.45, 2.75) is 11.8 Å². The van der Waals surface area contributed by atoms with Crippen LogP contribution in [0.25, 0.3) is 0 Å². The fourth-order valence-corrected chi connectivity index (χ4v) is 1.44. The first-order valence-corrected chi connectivity index (χ1v) is 5.91. The van der Waals surface area contributed by atoms with Crippen LogP contribution in [0.15, 0.2) is 40.8 Å². The van der Waals surface area contributed by atoms with Crippen LogP contribution in [0.3, 0.4) is 0 Å². The van der Waals surface area contributed by atoms with Gasteiger partial charge in [-0.05, 0) is 47.8 Å². The first kappa shape index (κ1) is 12.9. The Morgan fingerprint density at radius 3 is 2.56 bits per heavy atom. The molecule has 1 unspecified atom stereocenters. The number of rotatable bonds is 5. The van der Waals surface area contributed by atoms with Crippen LogP contribution in [0, 0.1) is 0 Å². The lowest BCUT2D eigenvalue weighted by Gasteiger charge is -2.09. The van der Waals surface area contributed by atoms with Gasteiger partial charge in [-0.15, -0.1) is 0 Å². The van der Waals surface area contributed by atoms with E-state index in [0.29, 0.717) is 18.9 Å². The van der Waals surface area contributed by atoms with Gasteiger partial charge in [0.2, 0.25) is 0 Å². The Balaban J connectivity index is 2.59. The van der Waals surface area contributed by atoms with Crippen molar-refractivity contribution in [3.05, 3.63) is 35.9 Å². The Morgan fingerprint density at radius 1 is 1.50 bits per heavy atom. The summed E-state index contributed by atoms with van der Waals surface area (Å²) in [6, 6.07) is 6.23. The zero-order valence-electron chi connectivity index (χ0n) is 9.01. The topological polar surface area (TPSA) is 75.4 Å². The summed E-state index contributed by atoms with van der Waals surface area (Å²) in [5, 5.41) is 0. The SMILES string of the molecule is C/C=C(\CN)COc1ccc(S(=O)[O-])cc1. The van der Waals surface area contributed by atoms with Crippen molar-refractivity contribution in [3.8, 4) is 5.75 Å². The molecule has 5 heteroatoms. The highest BCUT2D eigenvalue weighted by atomic mass is 32.2. The van der Waals surface area contributed by atoms with Crippen molar-refractivity contribution in [2.75, 3.05) is 13.2 Å². The van der Waals surface area contributed by atoms with Crippen LogP contribution in [0.5, 0.6) is 5.75 Å². The number of ether oxygens (including phenoxy) is 1. The van der Waals surface area contributed by atoms with E-state index >= 15 is 0 Å². The lowest BCUT2D eigenvalue weighted by atomic mass is 10.3. The van der Waals surface area contributed by atoms with E-state index in [1.807, 2.05) is 13.0 Å². The van der Waals surface area contributed by atoms with Gasteiger partial charge in [0.15, 0.2) is 0 Å². The number of benzene rings is 1. The number of hydrogen-bond donors (Lipinski definition) is 1. The van der Waals surface area contributed by atoms with E-state index in [-0.39, 0.29) is 4.90 Å². The summed E-state index contributed by atoms with van der Waals surface area (Å²) in [5.74, 6) is 0.627. The first-order chi connectivity index (χ1) is 7.67. The molecule has 1 atom stereocenters. The zero-order valence-corrected chi connectivity index (χ0v) is 9.83. The van der Waals surface area contributed by atoms with Crippen molar-refractivity contribution in [1.29, 1.82) is 0 Å². The van der Waals surface area contributed by atoms with Crippen LogP contribution < -0.4 is 10.5 Å². The molecule has 0 fully saturated rings. The summed E-state index contributed by atoms with van der Waals surface area (Å²) in [6.07, 6.45) is 1.90. The molecular formula is C11H14NO3S-. The molecule has 0 saturated carbocycles. The molecule has 0 aromatic heterocycles. The smallest absolute Gasteiger partial charge is 0.119 e. The van der Waals surface area contributed by atoms with Crippen molar-refractivity contribution in [1.82, 2.24) is 0 Å². The predicted octanol–water partition coefficient (Wildman–Crippen LogP) is 1.21. The van der Waals surface area contributed by atoms with Gasteiger partial charge in [0, 0.05) is 11.4 Å². The third-order valence-electron chi connectivity index (χ3n) is 2.11. The molecule has 0 heterocycles. The molecule has 0 radical (unpaired) electrons. The fraction of sp³-hybridized carbons (Fsp3) is 0.273. The van der Waals surface area contributed by atoms with Gasteiger partial charge in [-0.3, -0.25) is 4.21 Å². The summed E-state index contributed by atoms with van der Waals surface area (Å²) in [4.78, 5) is 0.248. The highest BCUT2D eigenvalue weighted by Crippen LogP contribution is 2.14. The zero-order chi connectivity index (χ0) is 12.0. The standard InChI is InChI=1S/C11H15NO3S/c1-2-9(7-12)8-15-10-3-5-11(6-4-10)16(13)14/h2-6H,7-8,12H2,1H3,(H,13,14)/p-1/b9-2+. The van der Waals surface area contributed by atoms with Crippen molar-refractivity contribution in [2.24, 2.45) is 5.73 Å². The Bertz CT molecular complexity index is 387. The lowest BCUT2D eigenvalue weighted by Crippen LogP contribution is -2.10. The second kappa shape index (κ2) is 6.42. The van der Waals surface area contributed by atoms with E-state index in [1.165, 1.54) is 12.1 Å². The van der Waals surface area contributed by atoms with Gasteiger partial charge in [0.1, 0.15) is 12.4 Å². The maximum Gasteiger partial charge on any atom is 0.119 e. The molecule has 0 aliphatic rings. The van der Waals surface area contributed by atoms with Crippen LogP contribution in [0.2, 0.25) is 0 Å². The minimum atomic E-state index is -2.19. The molecule has 16 heavy (non-hydrogen) atoms. The van der Waals surface area contributed by atoms with E-state index in [2.05, 4.69) is 0 Å². The molecule has 2 N–H and O–H groups in total. The molecule has 0 aliphatic heterocycles. The van der Waals surface area contributed by atoms with Crippen LogP contribution in [0.4, 0.5) is 0 Å². The normalized spacial score (nSPS) is 13.6. The molecule has 4 nitrogen and oxygen atoms in total. The monoisotopic (exact) mass is 240 g/mol. The molecule has 0 aliphatic carbocycles. The van der Waals surface area contributed by atoms with E-state index in [1.54, 1.807) is 12.1 Å². The number of hydrogen-bond acceptors (Lipinski definition) is 4.